The third-order valence-corrected chi connectivity index (χ3v) is 6.37. The van der Waals surface area contributed by atoms with E-state index in [1.54, 1.807) is 0 Å². The first-order chi connectivity index (χ1) is 14.4. The van der Waals surface area contributed by atoms with Gasteiger partial charge in [-0.25, -0.2) is 13.4 Å². The van der Waals surface area contributed by atoms with Crippen LogP contribution in [-0.2, 0) is 10.0 Å². The van der Waals surface area contributed by atoms with Gasteiger partial charge in [-0.15, -0.1) is 0 Å². The van der Waals surface area contributed by atoms with Crippen molar-refractivity contribution in [2.24, 2.45) is 5.10 Å². The van der Waals surface area contributed by atoms with Gasteiger partial charge in [0.2, 0.25) is 10.0 Å². The lowest BCUT2D eigenvalue weighted by molar-refractivity contribution is -0.0512. The largest absolute Gasteiger partial charge is 0.493 e. The molecule has 0 atom stereocenters. The topological polar surface area (TPSA) is 93.1 Å². The molecule has 30 heavy (non-hydrogen) atoms. The number of nitrogens with zero attached hydrogens (tertiary/aromatic N) is 3. The highest BCUT2D eigenvalue weighted by Gasteiger charge is 2.26. The highest BCUT2D eigenvalue weighted by atomic mass is 32.2. The van der Waals surface area contributed by atoms with Crippen LogP contribution in [0.15, 0.2) is 46.5 Å². The molecule has 0 amide bonds. The zero-order valence-electron chi connectivity index (χ0n) is 16.3. The Morgan fingerprint density at radius 1 is 1.17 bits per heavy atom. The summed E-state index contributed by atoms with van der Waals surface area (Å²) in [5, 5.41) is 4.02. The summed E-state index contributed by atoms with van der Waals surface area (Å²) in [7, 11) is -2.19. The first-order valence-electron chi connectivity index (χ1n) is 9.28. The molecular weight excluding hydrogens is 418 g/mol. The van der Waals surface area contributed by atoms with Crippen LogP contribution in [0.4, 0.5) is 14.6 Å². The number of methoxy groups -OCH3 is 1. The highest BCUT2D eigenvalue weighted by molar-refractivity contribution is 7.89. The Bertz CT molecular complexity index is 979. The van der Waals surface area contributed by atoms with E-state index in [9.17, 15) is 17.2 Å². The SMILES string of the molecule is COc1cc(/C=N/Nc2ccc(S(=O)(=O)N3CCCCC3)cn2)ccc1OC(F)F. The number of benzene rings is 1. The number of aromatic nitrogens is 1. The molecule has 1 fully saturated rings. The van der Waals surface area contributed by atoms with Gasteiger partial charge in [-0.1, -0.05) is 6.42 Å². The average molecular weight is 440 g/mol. The second-order valence-electron chi connectivity index (χ2n) is 6.50. The minimum atomic E-state index is -3.54. The molecule has 2 heterocycles. The van der Waals surface area contributed by atoms with Crippen LogP contribution < -0.4 is 14.9 Å². The Kier molecular flexibility index (Phi) is 7.16. The second-order valence-corrected chi connectivity index (χ2v) is 8.44. The van der Waals surface area contributed by atoms with Gasteiger partial charge in [0, 0.05) is 19.3 Å². The number of hydrogen-bond acceptors (Lipinski definition) is 7. The quantitative estimate of drug-likeness (QED) is 0.500. The van der Waals surface area contributed by atoms with Gasteiger partial charge < -0.3 is 9.47 Å². The summed E-state index contributed by atoms with van der Waals surface area (Å²) < 4.78 is 60.9. The van der Waals surface area contributed by atoms with E-state index in [0.717, 1.165) is 19.3 Å². The van der Waals surface area contributed by atoms with Crippen LogP contribution in [0.2, 0.25) is 0 Å². The van der Waals surface area contributed by atoms with Gasteiger partial charge in [0.25, 0.3) is 0 Å². The summed E-state index contributed by atoms with van der Waals surface area (Å²) in [6.07, 6.45) is 5.50. The summed E-state index contributed by atoms with van der Waals surface area (Å²) >= 11 is 0. The Morgan fingerprint density at radius 2 is 1.93 bits per heavy atom. The van der Waals surface area contributed by atoms with Crippen molar-refractivity contribution in [1.29, 1.82) is 0 Å². The molecule has 0 aliphatic carbocycles. The van der Waals surface area contributed by atoms with Crippen molar-refractivity contribution in [1.82, 2.24) is 9.29 Å². The van der Waals surface area contributed by atoms with Crippen molar-refractivity contribution in [3.05, 3.63) is 42.1 Å². The number of alkyl halides is 2. The maximum Gasteiger partial charge on any atom is 0.387 e. The molecule has 3 rings (SSSR count). The molecule has 0 saturated carbocycles. The van der Waals surface area contributed by atoms with Gasteiger partial charge in [-0.05, 0) is 48.7 Å². The Balaban J connectivity index is 1.64. The van der Waals surface area contributed by atoms with Crippen LogP contribution in [0.25, 0.3) is 0 Å². The van der Waals surface area contributed by atoms with Crippen LogP contribution in [0.3, 0.4) is 0 Å². The van der Waals surface area contributed by atoms with Crippen molar-refractivity contribution in [2.45, 2.75) is 30.8 Å². The summed E-state index contributed by atoms with van der Waals surface area (Å²) in [6, 6.07) is 7.38. The number of halogens is 2. The lowest BCUT2D eigenvalue weighted by Gasteiger charge is -2.25. The van der Waals surface area contributed by atoms with E-state index in [0.29, 0.717) is 24.5 Å². The standard InChI is InChI=1S/C19H22F2N4O4S/c1-28-17-11-14(5-7-16(17)29-19(20)21)12-23-24-18-8-6-15(13-22-18)30(26,27)25-9-3-2-4-10-25/h5-8,11-13,19H,2-4,9-10H2,1H3,(H,22,24)/b23-12+. The number of pyridine rings is 1. The predicted octanol–water partition coefficient (Wildman–Crippen LogP) is 3.31. The summed E-state index contributed by atoms with van der Waals surface area (Å²) in [5.41, 5.74) is 3.27. The van der Waals surface area contributed by atoms with Gasteiger partial charge in [-0.3, -0.25) is 5.43 Å². The number of sulfonamides is 1. The fraction of sp³-hybridized carbons (Fsp3) is 0.368. The molecule has 162 valence electrons. The summed E-state index contributed by atoms with van der Waals surface area (Å²) in [6.45, 7) is -1.90. The Labute approximate surface area is 173 Å². The highest BCUT2D eigenvalue weighted by Crippen LogP contribution is 2.29. The monoisotopic (exact) mass is 440 g/mol. The molecule has 0 bridgehead atoms. The third-order valence-electron chi connectivity index (χ3n) is 4.49. The maximum absolute atomic E-state index is 12.6. The van der Waals surface area contributed by atoms with E-state index in [-0.39, 0.29) is 16.4 Å². The number of hydrogen-bond donors (Lipinski definition) is 1. The van der Waals surface area contributed by atoms with Crippen molar-refractivity contribution >= 4 is 22.1 Å². The Hall–Kier alpha value is -2.79. The van der Waals surface area contributed by atoms with E-state index in [1.807, 2.05) is 0 Å². The average Bonchev–Trinajstić information content (AvgIpc) is 2.75. The van der Waals surface area contributed by atoms with Crippen LogP contribution in [0, 0.1) is 0 Å². The van der Waals surface area contributed by atoms with Crippen molar-refractivity contribution < 1.29 is 26.7 Å². The van der Waals surface area contributed by atoms with Crippen molar-refractivity contribution in [3.63, 3.8) is 0 Å². The number of rotatable bonds is 8. The first-order valence-corrected chi connectivity index (χ1v) is 10.7. The van der Waals surface area contributed by atoms with E-state index in [4.69, 9.17) is 4.74 Å². The molecule has 0 spiro atoms. The molecule has 1 N–H and O–H groups in total. The molecule has 1 aliphatic heterocycles. The van der Waals surface area contributed by atoms with Gasteiger partial charge in [0.1, 0.15) is 10.7 Å². The molecule has 0 radical (unpaired) electrons. The van der Waals surface area contributed by atoms with Gasteiger partial charge >= 0.3 is 6.61 Å². The number of piperidine rings is 1. The number of nitrogens with one attached hydrogen (secondary N) is 1. The normalized spacial score (nSPS) is 15.5. The fourth-order valence-corrected chi connectivity index (χ4v) is 4.45. The minimum Gasteiger partial charge on any atom is -0.493 e. The minimum absolute atomic E-state index is 0.0789. The van der Waals surface area contributed by atoms with Crippen LogP contribution in [-0.4, -0.2) is 50.7 Å². The molecule has 2 aromatic rings. The zero-order valence-corrected chi connectivity index (χ0v) is 17.1. The lowest BCUT2D eigenvalue weighted by Crippen LogP contribution is -2.35. The van der Waals surface area contributed by atoms with Crippen LogP contribution in [0.5, 0.6) is 11.5 Å². The molecule has 0 unspecified atom stereocenters. The van der Waals surface area contributed by atoms with Crippen LogP contribution in [0.1, 0.15) is 24.8 Å². The molecule has 11 heteroatoms. The Morgan fingerprint density at radius 3 is 2.57 bits per heavy atom. The van der Waals surface area contributed by atoms with Gasteiger partial charge in [0.15, 0.2) is 11.5 Å². The molecule has 1 aliphatic rings. The molecule has 1 saturated heterocycles. The molecular formula is C19H22F2N4O4S. The second kappa shape index (κ2) is 9.81. The third kappa shape index (κ3) is 5.42. The maximum atomic E-state index is 12.6. The molecule has 1 aromatic carbocycles. The number of hydrazone groups is 1. The smallest absolute Gasteiger partial charge is 0.387 e. The fourth-order valence-electron chi connectivity index (χ4n) is 2.98. The number of ether oxygens (including phenoxy) is 2. The van der Waals surface area contributed by atoms with E-state index >= 15 is 0 Å². The zero-order chi connectivity index (χ0) is 21.6. The van der Waals surface area contributed by atoms with Crippen LogP contribution >= 0.6 is 0 Å². The predicted molar refractivity (Wildman–Crippen MR) is 108 cm³/mol. The van der Waals surface area contributed by atoms with E-state index in [1.165, 1.54) is 54.2 Å². The van der Waals surface area contributed by atoms with E-state index < -0.39 is 16.6 Å². The van der Waals surface area contributed by atoms with Crippen molar-refractivity contribution in [2.75, 3.05) is 25.6 Å². The number of anilines is 1. The van der Waals surface area contributed by atoms with Gasteiger partial charge in [-0.2, -0.15) is 18.2 Å². The molecule has 8 nitrogen and oxygen atoms in total. The summed E-state index contributed by atoms with van der Waals surface area (Å²) in [5.74, 6) is 0.419. The first kappa shape index (κ1) is 21.9. The lowest BCUT2D eigenvalue weighted by atomic mass is 10.2. The van der Waals surface area contributed by atoms with Gasteiger partial charge in [0.05, 0.1) is 13.3 Å². The molecule has 1 aromatic heterocycles. The van der Waals surface area contributed by atoms with Crippen molar-refractivity contribution in [3.8, 4) is 11.5 Å². The summed E-state index contributed by atoms with van der Waals surface area (Å²) in [4.78, 5) is 4.23. The van der Waals surface area contributed by atoms with E-state index in [2.05, 4.69) is 20.2 Å².